The number of carbonyl (C=O) groups is 1. The predicted octanol–water partition coefficient (Wildman–Crippen LogP) is 3.49. The molecule has 1 saturated heterocycles. The summed E-state index contributed by atoms with van der Waals surface area (Å²) in [6.07, 6.45) is 8.21. The maximum Gasteiger partial charge on any atom is 0.244 e. The molecule has 1 aromatic rings. The lowest BCUT2D eigenvalue weighted by Crippen LogP contribution is -2.37. The third-order valence-electron chi connectivity index (χ3n) is 4.33. The van der Waals surface area contributed by atoms with Crippen LogP contribution in [-0.4, -0.2) is 50.2 Å². The van der Waals surface area contributed by atoms with E-state index in [4.69, 9.17) is 9.47 Å². The highest BCUT2D eigenvalue weighted by atomic mass is 16.5. The van der Waals surface area contributed by atoms with Crippen LogP contribution < -0.4 is 14.8 Å². The number of ether oxygens (including phenoxy) is 2. The van der Waals surface area contributed by atoms with E-state index in [2.05, 4.69) is 17.1 Å². The van der Waals surface area contributed by atoms with Crippen molar-refractivity contribution in [3.05, 3.63) is 29.8 Å². The summed E-state index contributed by atoms with van der Waals surface area (Å²) in [6.45, 7) is 9.18. The Kier molecular flexibility index (Phi) is 9.04. The molecular weight excluding hydrogens is 328 g/mol. The van der Waals surface area contributed by atoms with Crippen molar-refractivity contribution in [2.24, 2.45) is 0 Å². The van der Waals surface area contributed by atoms with Gasteiger partial charge in [-0.1, -0.05) is 19.4 Å². The molecule has 0 unspecified atom stereocenters. The standard InChI is InChI=1S/C21H32N2O3/c1-3-16-26-19-10-8-18(17-20(19)25-4-2)9-11-21(24)22-12-15-23-13-6-5-7-14-23/h8-11,17H,3-7,12-16H2,1-2H3,(H,22,24)/b11-9+. The average molecular weight is 360 g/mol. The quantitative estimate of drug-likeness (QED) is 0.649. The minimum atomic E-state index is -0.0636. The lowest BCUT2D eigenvalue weighted by molar-refractivity contribution is -0.116. The maximum atomic E-state index is 12.0. The van der Waals surface area contributed by atoms with Crippen molar-refractivity contribution in [3.63, 3.8) is 0 Å². The summed E-state index contributed by atoms with van der Waals surface area (Å²) in [5.74, 6) is 1.40. The van der Waals surface area contributed by atoms with Crippen molar-refractivity contribution in [3.8, 4) is 11.5 Å². The molecule has 0 aromatic heterocycles. The van der Waals surface area contributed by atoms with Crippen LogP contribution in [0.3, 0.4) is 0 Å². The minimum Gasteiger partial charge on any atom is -0.490 e. The molecule has 1 heterocycles. The van der Waals surface area contributed by atoms with Crippen LogP contribution in [0, 0.1) is 0 Å². The fourth-order valence-electron chi connectivity index (χ4n) is 2.98. The van der Waals surface area contributed by atoms with Crippen LogP contribution >= 0.6 is 0 Å². The van der Waals surface area contributed by atoms with E-state index in [0.29, 0.717) is 25.5 Å². The molecule has 2 rings (SSSR count). The van der Waals surface area contributed by atoms with E-state index in [1.54, 1.807) is 6.08 Å². The van der Waals surface area contributed by atoms with E-state index in [-0.39, 0.29) is 5.91 Å². The summed E-state index contributed by atoms with van der Waals surface area (Å²) in [7, 11) is 0. The fourth-order valence-corrected chi connectivity index (χ4v) is 2.98. The number of likely N-dealkylation sites (tertiary alicyclic amines) is 1. The molecule has 26 heavy (non-hydrogen) atoms. The number of piperidine rings is 1. The van der Waals surface area contributed by atoms with Gasteiger partial charge in [0.15, 0.2) is 11.5 Å². The second-order valence-corrected chi connectivity index (χ2v) is 6.51. The third kappa shape index (κ3) is 7.08. The first kappa shape index (κ1) is 20.3. The van der Waals surface area contributed by atoms with Crippen LogP contribution in [0.25, 0.3) is 6.08 Å². The second kappa shape index (κ2) is 11.6. The van der Waals surface area contributed by atoms with Crippen molar-refractivity contribution in [1.82, 2.24) is 10.2 Å². The Hall–Kier alpha value is -2.01. The van der Waals surface area contributed by atoms with Gasteiger partial charge in [0.25, 0.3) is 0 Å². The van der Waals surface area contributed by atoms with Gasteiger partial charge in [-0.25, -0.2) is 0 Å². The Labute approximate surface area is 157 Å². The molecule has 0 bridgehead atoms. The Morgan fingerprint density at radius 2 is 1.96 bits per heavy atom. The van der Waals surface area contributed by atoms with Gasteiger partial charge in [0.1, 0.15) is 0 Å². The molecule has 0 spiro atoms. The molecule has 0 atom stereocenters. The molecule has 5 heteroatoms. The summed E-state index contributed by atoms with van der Waals surface area (Å²) in [6, 6.07) is 5.74. The predicted molar refractivity (Wildman–Crippen MR) is 106 cm³/mol. The van der Waals surface area contributed by atoms with E-state index in [9.17, 15) is 4.79 Å². The molecule has 5 nitrogen and oxygen atoms in total. The molecule has 1 N–H and O–H groups in total. The monoisotopic (exact) mass is 360 g/mol. The first-order valence-corrected chi connectivity index (χ1v) is 9.80. The molecule has 0 saturated carbocycles. The van der Waals surface area contributed by atoms with Gasteiger partial charge in [0.2, 0.25) is 5.91 Å². The summed E-state index contributed by atoms with van der Waals surface area (Å²) < 4.78 is 11.3. The van der Waals surface area contributed by atoms with Crippen molar-refractivity contribution in [1.29, 1.82) is 0 Å². The molecule has 1 amide bonds. The summed E-state index contributed by atoms with van der Waals surface area (Å²) >= 11 is 0. The van der Waals surface area contributed by atoms with Gasteiger partial charge in [-0.05, 0) is 63.0 Å². The maximum absolute atomic E-state index is 12.0. The van der Waals surface area contributed by atoms with Crippen molar-refractivity contribution in [2.45, 2.75) is 39.5 Å². The lowest BCUT2D eigenvalue weighted by atomic mass is 10.1. The molecular formula is C21H32N2O3. The van der Waals surface area contributed by atoms with E-state index in [0.717, 1.165) is 37.4 Å². The Morgan fingerprint density at radius 1 is 1.15 bits per heavy atom. The highest BCUT2D eigenvalue weighted by Gasteiger charge is 2.09. The van der Waals surface area contributed by atoms with E-state index in [1.807, 2.05) is 31.2 Å². The van der Waals surface area contributed by atoms with Crippen molar-refractivity contribution >= 4 is 12.0 Å². The molecule has 144 valence electrons. The van der Waals surface area contributed by atoms with Gasteiger partial charge in [-0.2, -0.15) is 0 Å². The lowest BCUT2D eigenvalue weighted by Gasteiger charge is -2.26. The number of nitrogens with one attached hydrogen (secondary N) is 1. The first-order chi connectivity index (χ1) is 12.7. The van der Waals surface area contributed by atoms with Crippen LogP contribution in [0.5, 0.6) is 11.5 Å². The first-order valence-electron chi connectivity index (χ1n) is 9.80. The van der Waals surface area contributed by atoms with E-state index < -0.39 is 0 Å². The Morgan fingerprint density at radius 3 is 2.69 bits per heavy atom. The fraction of sp³-hybridized carbons (Fsp3) is 0.571. The zero-order valence-corrected chi connectivity index (χ0v) is 16.1. The van der Waals surface area contributed by atoms with Crippen molar-refractivity contribution < 1.29 is 14.3 Å². The Bertz CT molecular complexity index is 581. The number of carbonyl (C=O) groups excluding carboxylic acids is 1. The SMILES string of the molecule is CCCOc1ccc(/C=C/C(=O)NCCN2CCCCC2)cc1OCC. The number of nitrogens with zero attached hydrogens (tertiary/aromatic N) is 1. The highest BCUT2D eigenvalue weighted by molar-refractivity contribution is 5.91. The van der Waals surface area contributed by atoms with Crippen molar-refractivity contribution in [2.75, 3.05) is 39.4 Å². The van der Waals surface area contributed by atoms with Gasteiger partial charge >= 0.3 is 0 Å². The van der Waals surface area contributed by atoms with Crippen LogP contribution in [0.4, 0.5) is 0 Å². The zero-order valence-electron chi connectivity index (χ0n) is 16.1. The summed E-state index contributed by atoms with van der Waals surface area (Å²) in [4.78, 5) is 14.4. The number of rotatable bonds is 10. The molecule has 0 aliphatic carbocycles. The average Bonchev–Trinajstić information content (AvgIpc) is 2.67. The highest BCUT2D eigenvalue weighted by Crippen LogP contribution is 2.29. The van der Waals surface area contributed by atoms with Crippen LogP contribution in [0.1, 0.15) is 45.1 Å². The summed E-state index contributed by atoms with van der Waals surface area (Å²) in [5.41, 5.74) is 0.920. The van der Waals surface area contributed by atoms with Gasteiger partial charge in [0.05, 0.1) is 13.2 Å². The number of hydrogen-bond acceptors (Lipinski definition) is 4. The van der Waals surface area contributed by atoms with E-state index >= 15 is 0 Å². The van der Waals surface area contributed by atoms with Gasteiger partial charge in [-0.3, -0.25) is 4.79 Å². The number of benzene rings is 1. The summed E-state index contributed by atoms with van der Waals surface area (Å²) in [5, 5.41) is 2.96. The molecule has 1 aliphatic rings. The number of amides is 1. The topological polar surface area (TPSA) is 50.8 Å². The number of hydrogen-bond donors (Lipinski definition) is 1. The molecule has 0 radical (unpaired) electrons. The zero-order chi connectivity index (χ0) is 18.6. The van der Waals surface area contributed by atoms with Crippen LogP contribution in [-0.2, 0) is 4.79 Å². The van der Waals surface area contributed by atoms with Gasteiger partial charge in [0, 0.05) is 19.2 Å². The van der Waals surface area contributed by atoms with Gasteiger partial charge in [-0.15, -0.1) is 0 Å². The Balaban J connectivity index is 1.83. The normalized spacial score (nSPS) is 15.2. The largest absolute Gasteiger partial charge is 0.490 e. The minimum absolute atomic E-state index is 0.0636. The second-order valence-electron chi connectivity index (χ2n) is 6.51. The smallest absolute Gasteiger partial charge is 0.244 e. The van der Waals surface area contributed by atoms with Crippen LogP contribution in [0.2, 0.25) is 0 Å². The molecule has 1 aliphatic heterocycles. The molecule has 1 fully saturated rings. The van der Waals surface area contributed by atoms with Crippen LogP contribution in [0.15, 0.2) is 24.3 Å². The van der Waals surface area contributed by atoms with E-state index in [1.165, 1.54) is 19.3 Å². The van der Waals surface area contributed by atoms with Gasteiger partial charge < -0.3 is 19.7 Å². The molecule has 1 aromatic carbocycles. The third-order valence-corrected chi connectivity index (χ3v) is 4.33.